The van der Waals surface area contributed by atoms with E-state index in [1.807, 2.05) is 0 Å². The lowest BCUT2D eigenvalue weighted by atomic mass is 10.1. The number of hydrogen-bond acceptors (Lipinski definition) is 5. The highest BCUT2D eigenvalue weighted by molar-refractivity contribution is 7.86. The van der Waals surface area contributed by atoms with Gasteiger partial charge in [-0.1, -0.05) is 24.8 Å². The van der Waals surface area contributed by atoms with Crippen LogP contribution in [0.3, 0.4) is 0 Å². The number of halogens is 1. The third-order valence-electron chi connectivity index (χ3n) is 2.57. The zero-order chi connectivity index (χ0) is 16.8. The third-order valence-corrected chi connectivity index (χ3v) is 3.40. The first kappa shape index (κ1) is 17.6. The van der Waals surface area contributed by atoms with Crippen molar-refractivity contribution in [2.24, 2.45) is 0 Å². The van der Waals surface area contributed by atoms with Crippen LogP contribution in [0.2, 0.25) is 0 Å². The van der Waals surface area contributed by atoms with Gasteiger partial charge in [-0.25, -0.2) is 9.59 Å². The number of hydrogen-bond donors (Lipinski definition) is 2. The number of carbonyl (C=O) groups is 2. The maximum Gasteiger partial charge on any atom is 0.408 e. The van der Waals surface area contributed by atoms with Gasteiger partial charge in [0.25, 0.3) is 0 Å². The predicted molar refractivity (Wildman–Crippen MR) is 74.5 cm³/mol. The number of nitrogens with one attached hydrogen (secondary N) is 1. The van der Waals surface area contributed by atoms with Crippen LogP contribution >= 0.6 is 0 Å². The van der Waals surface area contributed by atoms with Crippen LogP contribution in [0.1, 0.15) is 5.56 Å². The molecule has 22 heavy (non-hydrogen) atoms. The molecule has 7 nitrogen and oxygen atoms in total. The fourth-order valence-corrected chi connectivity index (χ4v) is 2.00. The first-order chi connectivity index (χ1) is 10.2. The third kappa shape index (κ3) is 5.52. The molecule has 0 aliphatic carbocycles. The van der Waals surface area contributed by atoms with E-state index in [-0.39, 0.29) is 13.0 Å². The summed E-state index contributed by atoms with van der Waals surface area (Å²) in [7, 11) is -4.81. The lowest BCUT2D eigenvalue weighted by molar-refractivity contribution is -0.139. The van der Waals surface area contributed by atoms with E-state index in [0.29, 0.717) is 5.56 Å². The van der Waals surface area contributed by atoms with Crippen LogP contribution < -0.4 is 5.32 Å². The van der Waals surface area contributed by atoms with Gasteiger partial charge in [-0.2, -0.15) is 8.42 Å². The van der Waals surface area contributed by atoms with Crippen LogP contribution in [-0.4, -0.2) is 38.2 Å². The second-order valence-electron chi connectivity index (χ2n) is 4.21. The van der Waals surface area contributed by atoms with Gasteiger partial charge in [-0.05, 0) is 17.7 Å². The van der Waals surface area contributed by atoms with Crippen LogP contribution in [0.15, 0.2) is 41.8 Å². The molecule has 0 radical (unpaired) electrons. The van der Waals surface area contributed by atoms with E-state index in [1.165, 1.54) is 18.2 Å². The lowest BCUT2D eigenvalue weighted by Crippen LogP contribution is -2.42. The largest absolute Gasteiger partial charge is 0.480 e. The Labute approximate surface area is 126 Å². The fraction of sp³-hybridized carbons (Fsp3) is 0.231. The number of amides is 1. The molecule has 0 fully saturated rings. The van der Waals surface area contributed by atoms with Gasteiger partial charge in [0.1, 0.15) is 12.6 Å². The fourth-order valence-electron chi connectivity index (χ4n) is 1.54. The number of carbonyl (C=O) groups excluding carboxylic acids is 1. The number of ether oxygens (including phenoxy) is 1. The lowest BCUT2D eigenvalue weighted by Gasteiger charge is -2.14. The maximum absolute atomic E-state index is 12.7. The van der Waals surface area contributed by atoms with E-state index >= 15 is 0 Å². The summed E-state index contributed by atoms with van der Waals surface area (Å²) in [4.78, 5) is 21.9. The molecule has 0 aliphatic heterocycles. The number of carboxylic acids is 1. The summed E-state index contributed by atoms with van der Waals surface area (Å²) in [6, 6.07) is 3.28. The Morgan fingerprint density at radius 3 is 2.41 bits per heavy atom. The standard InChI is InChI=1S/C13H14FNO6S/c1-2-7-21-13(18)15-11(12(16)17)8-9-3-5-10(6-4-9)22(14,19)20/h2-6,11H,1,7-8H2,(H,15,18)(H,16,17)/t11-/m0/s1. The minimum atomic E-state index is -4.81. The molecule has 0 saturated carbocycles. The van der Waals surface area contributed by atoms with Gasteiger partial charge >= 0.3 is 22.3 Å². The molecule has 0 spiro atoms. The maximum atomic E-state index is 12.7. The van der Waals surface area contributed by atoms with Gasteiger partial charge in [-0.15, -0.1) is 3.89 Å². The normalized spacial score (nSPS) is 12.2. The topological polar surface area (TPSA) is 110 Å². The predicted octanol–water partition coefficient (Wildman–Crippen LogP) is 1.25. The van der Waals surface area contributed by atoms with Crippen LogP contribution in [0.4, 0.5) is 8.68 Å². The molecule has 1 atom stereocenters. The highest BCUT2D eigenvalue weighted by Crippen LogP contribution is 2.14. The Hall–Kier alpha value is -2.42. The van der Waals surface area contributed by atoms with E-state index < -0.39 is 33.2 Å². The summed E-state index contributed by atoms with van der Waals surface area (Å²) in [5, 5.41) is 11.2. The number of alkyl carbamates (subject to hydrolysis) is 1. The monoisotopic (exact) mass is 331 g/mol. The second-order valence-corrected chi connectivity index (χ2v) is 5.56. The summed E-state index contributed by atoms with van der Waals surface area (Å²) < 4.78 is 38.7. The van der Waals surface area contributed by atoms with E-state index in [1.54, 1.807) is 0 Å². The van der Waals surface area contributed by atoms with E-state index in [0.717, 1.165) is 12.1 Å². The molecule has 0 unspecified atom stereocenters. The van der Waals surface area contributed by atoms with Crippen LogP contribution in [0.5, 0.6) is 0 Å². The van der Waals surface area contributed by atoms with E-state index in [2.05, 4.69) is 16.6 Å². The highest BCUT2D eigenvalue weighted by atomic mass is 32.3. The number of rotatable bonds is 7. The van der Waals surface area contributed by atoms with E-state index in [4.69, 9.17) is 5.11 Å². The van der Waals surface area contributed by atoms with Crippen molar-refractivity contribution in [3.63, 3.8) is 0 Å². The van der Waals surface area contributed by atoms with E-state index in [9.17, 15) is 21.9 Å². The Kier molecular flexibility index (Phi) is 6.05. The van der Waals surface area contributed by atoms with Gasteiger partial charge in [0.15, 0.2) is 0 Å². The molecule has 0 bridgehead atoms. The molecule has 0 saturated heterocycles. The minimum Gasteiger partial charge on any atom is -0.480 e. The molecule has 0 heterocycles. The summed E-state index contributed by atoms with van der Waals surface area (Å²) >= 11 is 0. The van der Waals surface area contributed by atoms with Crippen molar-refractivity contribution < 1.29 is 31.7 Å². The van der Waals surface area contributed by atoms with Crippen LogP contribution in [0, 0.1) is 0 Å². The molecular weight excluding hydrogens is 317 g/mol. The molecule has 0 aliphatic rings. The van der Waals surface area contributed by atoms with Crippen molar-refractivity contribution in [2.75, 3.05) is 6.61 Å². The average molecular weight is 331 g/mol. The zero-order valence-electron chi connectivity index (χ0n) is 11.4. The minimum absolute atomic E-state index is 0.0682. The summed E-state index contributed by atoms with van der Waals surface area (Å²) in [6.45, 7) is 3.27. The van der Waals surface area contributed by atoms with Gasteiger partial charge in [-0.3, -0.25) is 0 Å². The summed E-state index contributed by atoms with van der Waals surface area (Å²) in [6.07, 6.45) is 0.284. The first-order valence-corrected chi connectivity index (χ1v) is 7.43. The molecule has 1 aromatic carbocycles. The Balaban J connectivity index is 2.77. The number of carboxylic acid groups (broad SMARTS) is 1. The zero-order valence-corrected chi connectivity index (χ0v) is 12.2. The molecule has 1 amide bonds. The van der Waals surface area contributed by atoms with Crippen LogP contribution in [-0.2, 0) is 26.2 Å². The van der Waals surface area contributed by atoms with Gasteiger partial charge < -0.3 is 15.2 Å². The SMILES string of the molecule is C=CCOC(=O)N[C@@H](Cc1ccc(S(=O)(=O)F)cc1)C(=O)O. The number of aliphatic carboxylic acids is 1. The van der Waals surface area contributed by atoms with Crippen molar-refractivity contribution in [2.45, 2.75) is 17.4 Å². The molecule has 2 N–H and O–H groups in total. The molecule has 1 rings (SSSR count). The number of benzene rings is 1. The quantitative estimate of drug-likeness (QED) is 0.575. The molecule has 120 valence electrons. The average Bonchev–Trinajstić information content (AvgIpc) is 2.44. The van der Waals surface area contributed by atoms with Crippen molar-refractivity contribution in [3.05, 3.63) is 42.5 Å². The van der Waals surface area contributed by atoms with Gasteiger partial charge in [0, 0.05) is 6.42 Å². The Morgan fingerprint density at radius 1 is 1.36 bits per heavy atom. The summed E-state index contributed by atoms with van der Waals surface area (Å²) in [5.74, 6) is -1.29. The molecule has 0 aromatic heterocycles. The van der Waals surface area contributed by atoms with Gasteiger partial charge in [0.05, 0.1) is 4.90 Å². The second kappa shape index (κ2) is 7.55. The first-order valence-electron chi connectivity index (χ1n) is 6.04. The van der Waals surface area contributed by atoms with Crippen molar-refractivity contribution in [1.82, 2.24) is 5.32 Å². The molecule has 1 aromatic rings. The van der Waals surface area contributed by atoms with Crippen molar-refractivity contribution in [1.29, 1.82) is 0 Å². The summed E-state index contributed by atoms with van der Waals surface area (Å²) in [5.41, 5.74) is 0.406. The van der Waals surface area contributed by atoms with Crippen molar-refractivity contribution in [3.8, 4) is 0 Å². The highest BCUT2D eigenvalue weighted by Gasteiger charge is 2.21. The smallest absolute Gasteiger partial charge is 0.408 e. The Bertz CT molecular complexity index is 656. The Morgan fingerprint density at radius 2 is 1.95 bits per heavy atom. The molecular formula is C13H14FNO6S. The van der Waals surface area contributed by atoms with Gasteiger partial charge in [0.2, 0.25) is 0 Å². The van der Waals surface area contributed by atoms with Crippen molar-refractivity contribution >= 4 is 22.3 Å². The van der Waals surface area contributed by atoms with Crippen LogP contribution in [0.25, 0.3) is 0 Å². The molecule has 9 heteroatoms.